The highest BCUT2D eigenvalue weighted by Gasteiger charge is 2.12. The highest BCUT2D eigenvalue weighted by Crippen LogP contribution is 2.27. The van der Waals surface area contributed by atoms with Crippen LogP contribution in [-0.2, 0) is 0 Å². The van der Waals surface area contributed by atoms with Gasteiger partial charge >= 0.3 is 0 Å². The van der Waals surface area contributed by atoms with Crippen LogP contribution in [0.2, 0.25) is 5.02 Å². The Bertz CT molecular complexity index is 394. The number of nitrogens with one attached hydrogen (secondary N) is 1. The number of quaternary nitrogens is 1. The van der Waals surface area contributed by atoms with Crippen LogP contribution < -0.4 is 9.64 Å². The Labute approximate surface area is 129 Å². The first-order valence-corrected chi connectivity index (χ1v) is 8.34. The molecule has 1 fully saturated rings. The van der Waals surface area contributed by atoms with Crippen molar-refractivity contribution in [2.45, 2.75) is 32.1 Å². The van der Waals surface area contributed by atoms with Crippen molar-refractivity contribution in [2.24, 2.45) is 0 Å². The minimum absolute atomic E-state index is 0.677. The van der Waals surface area contributed by atoms with Gasteiger partial charge in [-0.2, -0.15) is 0 Å². The molecule has 4 heteroatoms. The second kappa shape index (κ2) is 8.13. The van der Waals surface area contributed by atoms with Crippen molar-refractivity contribution in [1.82, 2.24) is 0 Å². The predicted molar refractivity (Wildman–Crippen MR) is 83.3 cm³/mol. The zero-order valence-corrected chi connectivity index (χ0v) is 13.6. The average Bonchev–Trinajstić information content (AvgIpc) is 2.42. The normalized spacial score (nSPS) is 16.5. The highest BCUT2D eigenvalue weighted by atomic mass is 79.9. The van der Waals surface area contributed by atoms with Crippen molar-refractivity contribution in [1.29, 1.82) is 0 Å². The number of hydrogen-bond acceptors (Lipinski definition) is 1. The zero-order chi connectivity index (χ0) is 13.5. The van der Waals surface area contributed by atoms with Gasteiger partial charge in [-0.1, -0.05) is 27.5 Å². The van der Waals surface area contributed by atoms with Gasteiger partial charge in [0, 0.05) is 4.47 Å². The Kier molecular flexibility index (Phi) is 6.48. The van der Waals surface area contributed by atoms with Gasteiger partial charge in [-0.05, 0) is 50.3 Å². The predicted octanol–water partition coefficient (Wildman–Crippen LogP) is 3.33. The Morgan fingerprint density at radius 1 is 1.16 bits per heavy atom. The number of piperidine rings is 1. The molecule has 1 heterocycles. The van der Waals surface area contributed by atoms with Crippen molar-refractivity contribution < 1.29 is 9.64 Å². The van der Waals surface area contributed by atoms with E-state index in [1.807, 2.05) is 18.2 Å². The largest absolute Gasteiger partial charge is 0.492 e. The molecule has 1 saturated heterocycles. The molecule has 0 unspecified atom stereocenters. The molecule has 1 aromatic rings. The molecule has 2 rings (SSSR count). The second-order valence-corrected chi connectivity index (χ2v) is 6.51. The summed E-state index contributed by atoms with van der Waals surface area (Å²) in [6, 6.07) is 5.75. The van der Waals surface area contributed by atoms with Crippen LogP contribution in [0.15, 0.2) is 22.7 Å². The van der Waals surface area contributed by atoms with E-state index in [0.29, 0.717) is 5.02 Å². The zero-order valence-electron chi connectivity index (χ0n) is 11.3. The molecule has 1 aromatic carbocycles. The number of halogens is 2. The molecule has 1 N–H and O–H groups in total. The summed E-state index contributed by atoms with van der Waals surface area (Å²) < 4.78 is 6.70. The van der Waals surface area contributed by atoms with Crippen molar-refractivity contribution >= 4 is 27.5 Å². The first kappa shape index (κ1) is 15.1. The maximum absolute atomic E-state index is 6.10. The number of likely N-dealkylation sites (tertiary alicyclic amines) is 1. The minimum Gasteiger partial charge on any atom is -0.492 e. The molecule has 0 aromatic heterocycles. The number of rotatable bonds is 6. The van der Waals surface area contributed by atoms with Crippen LogP contribution in [0.3, 0.4) is 0 Å². The molecule has 1 aliphatic rings. The molecule has 0 amide bonds. The lowest BCUT2D eigenvalue weighted by molar-refractivity contribution is -0.905. The number of benzene rings is 1. The van der Waals surface area contributed by atoms with E-state index >= 15 is 0 Å². The van der Waals surface area contributed by atoms with Gasteiger partial charge in [0.1, 0.15) is 5.75 Å². The fraction of sp³-hybridized carbons (Fsp3) is 0.600. The summed E-state index contributed by atoms with van der Waals surface area (Å²) >= 11 is 9.50. The summed E-state index contributed by atoms with van der Waals surface area (Å²) in [7, 11) is 0. The van der Waals surface area contributed by atoms with Crippen LogP contribution in [0.25, 0.3) is 0 Å². The first-order chi connectivity index (χ1) is 9.25. The van der Waals surface area contributed by atoms with E-state index in [2.05, 4.69) is 15.9 Å². The van der Waals surface area contributed by atoms with Gasteiger partial charge < -0.3 is 9.64 Å². The van der Waals surface area contributed by atoms with Crippen LogP contribution in [0, 0.1) is 0 Å². The molecule has 0 spiro atoms. The number of unbranched alkanes of at least 4 members (excludes halogenated alkanes) is 1. The van der Waals surface area contributed by atoms with Gasteiger partial charge in [-0.15, -0.1) is 0 Å². The van der Waals surface area contributed by atoms with Gasteiger partial charge in [0.2, 0.25) is 0 Å². The summed E-state index contributed by atoms with van der Waals surface area (Å²) in [6.45, 7) is 4.77. The smallest absolute Gasteiger partial charge is 0.137 e. The van der Waals surface area contributed by atoms with E-state index in [1.54, 1.807) is 4.90 Å². The maximum Gasteiger partial charge on any atom is 0.137 e. The molecular weight excluding hydrogens is 326 g/mol. The summed E-state index contributed by atoms with van der Waals surface area (Å²) in [6.07, 6.45) is 6.58. The Balaban J connectivity index is 1.61. The van der Waals surface area contributed by atoms with Gasteiger partial charge in [0.05, 0.1) is 31.3 Å². The molecule has 2 nitrogen and oxygen atoms in total. The third-order valence-corrected chi connectivity index (χ3v) is 4.43. The summed E-state index contributed by atoms with van der Waals surface area (Å²) in [5.41, 5.74) is 0. The van der Waals surface area contributed by atoms with Gasteiger partial charge in [0.25, 0.3) is 0 Å². The Hall–Kier alpha value is -0.250. The highest BCUT2D eigenvalue weighted by molar-refractivity contribution is 9.10. The van der Waals surface area contributed by atoms with Crippen molar-refractivity contribution in [3.05, 3.63) is 27.7 Å². The van der Waals surface area contributed by atoms with E-state index in [4.69, 9.17) is 16.3 Å². The quantitative estimate of drug-likeness (QED) is 0.779. The summed E-state index contributed by atoms with van der Waals surface area (Å²) in [5, 5.41) is 0.677. The first-order valence-electron chi connectivity index (χ1n) is 7.17. The van der Waals surface area contributed by atoms with Crippen LogP contribution in [-0.4, -0.2) is 26.2 Å². The summed E-state index contributed by atoms with van der Waals surface area (Å²) in [5.74, 6) is 0.787. The lowest BCUT2D eigenvalue weighted by Crippen LogP contribution is -3.12. The van der Waals surface area contributed by atoms with Crippen molar-refractivity contribution in [3.63, 3.8) is 0 Å². The van der Waals surface area contributed by atoms with E-state index in [9.17, 15) is 0 Å². The molecule has 0 saturated carbocycles. The topological polar surface area (TPSA) is 13.7 Å². The van der Waals surface area contributed by atoms with Gasteiger partial charge in [-0.3, -0.25) is 0 Å². The Morgan fingerprint density at radius 2 is 1.95 bits per heavy atom. The molecule has 0 bridgehead atoms. The van der Waals surface area contributed by atoms with Crippen LogP contribution in [0.4, 0.5) is 0 Å². The van der Waals surface area contributed by atoms with Gasteiger partial charge in [0.15, 0.2) is 0 Å². The molecular formula is C15H22BrClNO+. The minimum atomic E-state index is 0.677. The molecule has 19 heavy (non-hydrogen) atoms. The lowest BCUT2D eigenvalue weighted by atomic mass is 10.1. The summed E-state index contributed by atoms with van der Waals surface area (Å²) in [4.78, 5) is 1.77. The lowest BCUT2D eigenvalue weighted by Gasteiger charge is -2.23. The van der Waals surface area contributed by atoms with Crippen LogP contribution in [0.5, 0.6) is 5.75 Å². The third kappa shape index (κ3) is 5.33. The molecule has 1 aliphatic heterocycles. The molecule has 0 aliphatic carbocycles. The van der Waals surface area contributed by atoms with Crippen molar-refractivity contribution in [2.75, 3.05) is 26.2 Å². The van der Waals surface area contributed by atoms with E-state index in [-0.39, 0.29) is 0 Å². The number of ether oxygens (including phenoxy) is 1. The van der Waals surface area contributed by atoms with Gasteiger partial charge in [-0.25, -0.2) is 0 Å². The fourth-order valence-electron chi connectivity index (χ4n) is 2.55. The second-order valence-electron chi connectivity index (χ2n) is 5.19. The van der Waals surface area contributed by atoms with Crippen LogP contribution >= 0.6 is 27.5 Å². The molecule has 0 atom stereocenters. The SMILES string of the molecule is Clc1cc(Br)ccc1OCCCC[NH+]1CCCCC1. The monoisotopic (exact) mass is 346 g/mol. The number of hydrogen-bond donors (Lipinski definition) is 1. The fourth-order valence-corrected chi connectivity index (χ4v) is 3.28. The van der Waals surface area contributed by atoms with Crippen molar-refractivity contribution in [3.8, 4) is 5.75 Å². The average molecular weight is 348 g/mol. The van der Waals surface area contributed by atoms with E-state index < -0.39 is 0 Å². The standard InChI is InChI=1S/C15H21BrClNO/c16-13-6-7-15(14(17)12-13)19-11-5-4-10-18-8-2-1-3-9-18/h6-7,12H,1-5,8-11H2/p+1. The molecule has 0 radical (unpaired) electrons. The molecule has 106 valence electrons. The third-order valence-electron chi connectivity index (χ3n) is 3.64. The van der Waals surface area contributed by atoms with Crippen LogP contribution in [0.1, 0.15) is 32.1 Å². The maximum atomic E-state index is 6.10. The van der Waals surface area contributed by atoms with E-state index in [0.717, 1.165) is 23.2 Å². The van der Waals surface area contributed by atoms with E-state index in [1.165, 1.54) is 45.3 Å². The Morgan fingerprint density at radius 3 is 2.68 bits per heavy atom.